The van der Waals surface area contributed by atoms with Crippen LogP contribution in [0.1, 0.15) is 54.8 Å². The third-order valence-electron chi connectivity index (χ3n) is 5.91. The highest BCUT2D eigenvalue weighted by Crippen LogP contribution is 2.32. The van der Waals surface area contributed by atoms with Gasteiger partial charge in [-0.2, -0.15) is 0 Å². The standard InChI is InChI=1S/C18H26N4O3/c1-12-10-15(20-25-12)17(23)19-11-14-6-3-8-21(14)16-7-9-22(18(16)24)13-4-2-5-13/h10,13-14,16H,2-9,11H2,1H3,(H,19,23). The zero-order chi connectivity index (χ0) is 17.4. The predicted molar refractivity (Wildman–Crippen MR) is 91.1 cm³/mol. The van der Waals surface area contributed by atoms with Crippen LogP contribution in [0.5, 0.6) is 0 Å². The SMILES string of the molecule is Cc1cc(C(=O)NCC2CCCN2C2CCN(C3CCC3)C2=O)no1. The first-order valence-corrected chi connectivity index (χ1v) is 9.41. The monoisotopic (exact) mass is 346 g/mol. The van der Waals surface area contributed by atoms with E-state index in [9.17, 15) is 9.59 Å². The Bertz CT molecular complexity index is 655. The van der Waals surface area contributed by atoms with Gasteiger partial charge < -0.3 is 14.7 Å². The van der Waals surface area contributed by atoms with Crippen LogP contribution in [0.15, 0.2) is 10.6 Å². The van der Waals surface area contributed by atoms with E-state index in [-0.39, 0.29) is 18.0 Å². The lowest BCUT2D eigenvalue weighted by Crippen LogP contribution is -2.50. The minimum Gasteiger partial charge on any atom is -0.361 e. The van der Waals surface area contributed by atoms with Crippen LogP contribution >= 0.6 is 0 Å². The highest BCUT2D eigenvalue weighted by Gasteiger charge is 2.43. The maximum Gasteiger partial charge on any atom is 0.273 e. The lowest BCUT2D eigenvalue weighted by molar-refractivity contribution is -0.135. The van der Waals surface area contributed by atoms with Crippen molar-refractivity contribution in [2.75, 3.05) is 19.6 Å². The second-order valence-corrected chi connectivity index (χ2v) is 7.49. The second-order valence-electron chi connectivity index (χ2n) is 7.49. The van der Waals surface area contributed by atoms with Crippen LogP contribution in [0.2, 0.25) is 0 Å². The summed E-state index contributed by atoms with van der Waals surface area (Å²) in [6.07, 6.45) is 6.59. The van der Waals surface area contributed by atoms with Crippen molar-refractivity contribution >= 4 is 11.8 Å². The van der Waals surface area contributed by atoms with E-state index >= 15 is 0 Å². The molecule has 3 aliphatic rings. The summed E-state index contributed by atoms with van der Waals surface area (Å²) in [7, 11) is 0. The van der Waals surface area contributed by atoms with Crippen LogP contribution in [0.4, 0.5) is 0 Å². The van der Waals surface area contributed by atoms with Crippen molar-refractivity contribution in [3.63, 3.8) is 0 Å². The van der Waals surface area contributed by atoms with E-state index in [1.807, 2.05) is 0 Å². The largest absolute Gasteiger partial charge is 0.361 e. The first kappa shape index (κ1) is 16.6. The zero-order valence-electron chi connectivity index (χ0n) is 14.7. The molecule has 1 saturated carbocycles. The van der Waals surface area contributed by atoms with Gasteiger partial charge >= 0.3 is 0 Å². The molecule has 7 heteroatoms. The molecular formula is C18H26N4O3. The highest BCUT2D eigenvalue weighted by molar-refractivity contribution is 5.92. The number of carbonyl (C=O) groups is 2. The molecule has 0 bridgehead atoms. The van der Waals surface area contributed by atoms with Gasteiger partial charge in [0.05, 0.1) is 6.04 Å². The third kappa shape index (κ3) is 3.17. The van der Waals surface area contributed by atoms with Gasteiger partial charge in [0, 0.05) is 31.2 Å². The normalized spacial score (nSPS) is 27.7. The first-order chi connectivity index (χ1) is 12.1. The minimum absolute atomic E-state index is 0.000651. The van der Waals surface area contributed by atoms with E-state index in [4.69, 9.17) is 4.52 Å². The molecule has 4 rings (SSSR count). The van der Waals surface area contributed by atoms with Crippen LogP contribution in [0.25, 0.3) is 0 Å². The van der Waals surface area contributed by atoms with Gasteiger partial charge in [0.25, 0.3) is 5.91 Å². The van der Waals surface area contributed by atoms with Crippen LogP contribution in [-0.2, 0) is 4.79 Å². The maximum atomic E-state index is 12.8. The van der Waals surface area contributed by atoms with Crippen LogP contribution in [0.3, 0.4) is 0 Å². The Hall–Kier alpha value is -1.89. The van der Waals surface area contributed by atoms with Crippen molar-refractivity contribution < 1.29 is 14.1 Å². The molecule has 2 atom stereocenters. The smallest absolute Gasteiger partial charge is 0.273 e. The van der Waals surface area contributed by atoms with Crippen molar-refractivity contribution in [3.05, 3.63) is 17.5 Å². The van der Waals surface area contributed by atoms with Gasteiger partial charge in [0.2, 0.25) is 5.91 Å². The van der Waals surface area contributed by atoms with Gasteiger partial charge in [-0.05, 0) is 52.0 Å². The summed E-state index contributed by atoms with van der Waals surface area (Å²) < 4.78 is 4.95. The number of nitrogens with zero attached hydrogens (tertiary/aromatic N) is 3. The quantitative estimate of drug-likeness (QED) is 0.870. The van der Waals surface area contributed by atoms with Crippen LogP contribution in [0, 0.1) is 6.92 Å². The molecule has 25 heavy (non-hydrogen) atoms. The van der Waals surface area contributed by atoms with Crippen LogP contribution in [-0.4, -0.2) is 64.5 Å². The summed E-state index contributed by atoms with van der Waals surface area (Å²) >= 11 is 0. The molecule has 2 unspecified atom stereocenters. The number of carbonyl (C=O) groups excluding carboxylic acids is 2. The molecule has 2 saturated heterocycles. The Morgan fingerprint density at radius 1 is 1.28 bits per heavy atom. The zero-order valence-corrected chi connectivity index (χ0v) is 14.7. The molecule has 0 aromatic carbocycles. The average Bonchev–Trinajstić information content (AvgIpc) is 3.25. The summed E-state index contributed by atoms with van der Waals surface area (Å²) in [4.78, 5) is 29.4. The fraction of sp³-hybridized carbons (Fsp3) is 0.722. The van der Waals surface area contributed by atoms with E-state index < -0.39 is 0 Å². The molecule has 2 aliphatic heterocycles. The van der Waals surface area contributed by atoms with Gasteiger partial charge in [0.15, 0.2) is 5.69 Å². The molecule has 0 spiro atoms. The fourth-order valence-corrected chi connectivity index (χ4v) is 4.32. The number of aryl methyl sites for hydroxylation is 1. The van der Waals surface area contributed by atoms with Crippen molar-refractivity contribution in [3.8, 4) is 0 Å². The molecule has 136 valence electrons. The molecule has 7 nitrogen and oxygen atoms in total. The second kappa shape index (κ2) is 6.78. The van der Waals surface area contributed by atoms with E-state index in [0.717, 1.165) is 45.2 Å². The van der Waals surface area contributed by atoms with Crippen molar-refractivity contribution in [1.29, 1.82) is 0 Å². The van der Waals surface area contributed by atoms with Gasteiger partial charge in [0.1, 0.15) is 5.76 Å². The third-order valence-corrected chi connectivity index (χ3v) is 5.91. The molecule has 1 aromatic rings. The molecule has 1 aromatic heterocycles. The van der Waals surface area contributed by atoms with Gasteiger partial charge in [-0.15, -0.1) is 0 Å². The summed E-state index contributed by atoms with van der Waals surface area (Å²) in [5.41, 5.74) is 0.315. The highest BCUT2D eigenvalue weighted by atomic mass is 16.5. The topological polar surface area (TPSA) is 78.7 Å². The number of aromatic nitrogens is 1. The van der Waals surface area contributed by atoms with Crippen molar-refractivity contribution in [1.82, 2.24) is 20.3 Å². The first-order valence-electron chi connectivity index (χ1n) is 9.41. The fourth-order valence-electron chi connectivity index (χ4n) is 4.32. The minimum atomic E-state index is -0.211. The maximum absolute atomic E-state index is 12.8. The van der Waals surface area contributed by atoms with Gasteiger partial charge in [-0.3, -0.25) is 14.5 Å². The molecule has 3 fully saturated rings. The van der Waals surface area contributed by atoms with E-state index in [2.05, 4.69) is 20.3 Å². The lowest BCUT2D eigenvalue weighted by atomic mass is 9.92. The van der Waals surface area contributed by atoms with Gasteiger partial charge in [-0.25, -0.2) is 0 Å². The van der Waals surface area contributed by atoms with E-state index in [0.29, 0.717) is 29.9 Å². The number of hydrogen-bond donors (Lipinski definition) is 1. The van der Waals surface area contributed by atoms with E-state index in [1.165, 1.54) is 6.42 Å². The number of rotatable bonds is 5. The van der Waals surface area contributed by atoms with Crippen LogP contribution < -0.4 is 5.32 Å². The summed E-state index contributed by atoms with van der Waals surface area (Å²) in [5.74, 6) is 0.716. The molecule has 0 radical (unpaired) electrons. The number of hydrogen-bond acceptors (Lipinski definition) is 5. The predicted octanol–water partition coefficient (Wildman–Crippen LogP) is 1.33. The summed E-state index contributed by atoms with van der Waals surface area (Å²) in [6.45, 7) is 4.15. The Morgan fingerprint density at radius 2 is 2.12 bits per heavy atom. The lowest BCUT2D eigenvalue weighted by Gasteiger charge is -2.36. The average molecular weight is 346 g/mol. The molecule has 2 amide bonds. The molecule has 3 heterocycles. The Balaban J connectivity index is 1.34. The molecule has 1 aliphatic carbocycles. The Morgan fingerprint density at radius 3 is 2.80 bits per heavy atom. The number of nitrogens with one attached hydrogen (secondary N) is 1. The Labute approximate surface area is 147 Å². The molecule has 1 N–H and O–H groups in total. The number of likely N-dealkylation sites (tertiary alicyclic amines) is 2. The van der Waals surface area contributed by atoms with E-state index in [1.54, 1.807) is 13.0 Å². The van der Waals surface area contributed by atoms with Crippen molar-refractivity contribution in [2.24, 2.45) is 0 Å². The Kier molecular flexibility index (Phi) is 4.50. The van der Waals surface area contributed by atoms with Gasteiger partial charge in [-0.1, -0.05) is 5.16 Å². The van der Waals surface area contributed by atoms with Crippen molar-refractivity contribution in [2.45, 2.75) is 63.6 Å². The number of amides is 2. The molecular weight excluding hydrogens is 320 g/mol. The summed E-state index contributed by atoms with van der Waals surface area (Å²) in [5, 5.41) is 6.70. The summed E-state index contributed by atoms with van der Waals surface area (Å²) in [6, 6.07) is 2.35.